The van der Waals surface area contributed by atoms with Crippen LogP contribution in [0.1, 0.15) is 63.4 Å². The third-order valence-electron chi connectivity index (χ3n) is 9.29. The number of fused-ring (bicyclic) bond motifs is 4. The molecule has 2 unspecified atom stereocenters. The molecule has 0 aliphatic carbocycles. The fraction of sp³-hybridized carbons (Fsp3) is 0.700. The van der Waals surface area contributed by atoms with Crippen molar-refractivity contribution in [2.45, 2.75) is 88.4 Å². The smallest absolute Gasteiger partial charge is 0.410 e. The van der Waals surface area contributed by atoms with E-state index in [2.05, 4.69) is 15.0 Å². The zero-order chi connectivity index (χ0) is 34.1. The molecule has 0 saturated carbocycles. The summed E-state index contributed by atoms with van der Waals surface area (Å²) in [5, 5.41) is -0.989. The molecule has 47 heavy (non-hydrogen) atoms. The van der Waals surface area contributed by atoms with E-state index in [1.807, 2.05) is 4.90 Å². The molecule has 4 saturated heterocycles. The normalized spacial score (nSPS) is 26.2. The number of ether oxygens (including phenoxy) is 2. The van der Waals surface area contributed by atoms with Crippen molar-refractivity contribution >= 4 is 40.3 Å². The lowest BCUT2D eigenvalue weighted by Crippen LogP contribution is -2.57. The van der Waals surface area contributed by atoms with Crippen molar-refractivity contribution in [2.24, 2.45) is 0 Å². The summed E-state index contributed by atoms with van der Waals surface area (Å²) in [6.07, 6.45) is -3.13. The first-order valence-corrected chi connectivity index (χ1v) is 16.0. The van der Waals surface area contributed by atoms with Crippen LogP contribution in [0.2, 0.25) is 5.15 Å². The second-order valence-corrected chi connectivity index (χ2v) is 14.3. The highest BCUT2D eigenvalue weighted by Crippen LogP contribution is 2.42. The molecule has 0 N–H and O–H groups in total. The van der Waals surface area contributed by atoms with Gasteiger partial charge in [0.05, 0.1) is 23.0 Å². The number of piperazine rings is 1. The van der Waals surface area contributed by atoms with E-state index in [1.54, 1.807) is 30.6 Å². The van der Waals surface area contributed by atoms with Gasteiger partial charge in [-0.2, -0.15) is 23.1 Å². The third-order valence-corrected chi connectivity index (χ3v) is 9.54. The quantitative estimate of drug-likeness (QED) is 0.306. The van der Waals surface area contributed by atoms with Gasteiger partial charge in [-0.05, 0) is 53.0 Å². The van der Waals surface area contributed by atoms with Crippen LogP contribution in [0.5, 0.6) is 6.01 Å². The molecule has 0 spiro atoms. The number of nitrogens with zero attached hydrogens (tertiary/aromatic N) is 7. The second kappa shape index (κ2) is 12.0. The predicted octanol–water partition coefficient (Wildman–Crippen LogP) is 4.99. The van der Waals surface area contributed by atoms with Crippen LogP contribution in [-0.2, 0) is 4.74 Å². The Hall–Kier alpha value is -3.27. The monoisotopic (exact) mass is 689 g/mol. The molecule has 2 amide bonds. The average Bonchev–Trinajstić information content (AvgIpc) is 3.58. The molecular weight excluding hydrogens is 653 g/mol. The number of pyridine rings is 1. The zero-order valence-electron chi connectivity index (χ0n) is 26.5. The summed E-state index contributed by atoms with van der Waals surface area (Å²) < 4.78 is 81.7. The number of aromatic nitrogens is 3. The van der Waals surface area contributed by atoms with Gasteiger partial charge in [-0.1, -0.05) is 11.6 Å². The van der Waals surface area contributed by atoms with Gasteiger partial charge in [-0.25, -0.2) is 18.6 Å². The largest absolute Gasteiger partial charge is 0.461 e. The van der Waals surface area contributed by atoms with Crippen LogP contribution < -0.4 is 9.64 Å². The van der Waals surface area contributed by atoms with Crippen molar-refractivity contribution < 1.29 is 41.0 Å². The van der Waals surface area contributed by atoms with Crippen LogP contribution in [0, 0.1) is 5.82 Å². The van der Waals surface area contributed by atoms with Crippen LogP contribution in [0.3, 0.4) is 0 Å². The number of carbonyl (C=O) groups is 2. The van der Waals surface area contributed by atoms with Crippen LogP contribution >= 0.6 is 11.6 Å². The van der Waals surface area contributed by atoms with Gasteiger partial charge < -0.3 is 19.3 Å². The van der Waals surface area contributed by atoms with Crippen molar-refractivity contribution in [3.8, 4) is 6.01 Å². The maximum atomic E-state index is 15.7. The van der Waals surface area contributed by atoms with Gasteiger partial charge in [-0.3, -0.25) is 14.6 Å². The molecule has 11 nitrogen and oxygen atoms in total. The van der Waals surface area contributed by atoms with E-state index in [-0.39, 0.29) is 62.0 Å². The Bertz CT molecular complexity index is 1560. The minimum atomic E-state index is -4.71. The number of anilines is 1. The van der Waals surface area contributed by atoms with E-state index >= 15 is 4.39 Å². The van der Waals surface area contributed by atoms with E-state index in [0.717, 1.165) is 13.5 Å². The molecule has 4 aliphatic heterocycles. The molecule has 4 aliphatic rings. The molecule has 0 aromatic carbocycles. The first kappa shape index (κ1) is 33.6. The van der Waals surface area contributed by atoms with Crippen molar-refractivity contribution in [3.05, 3.63) is 16.7 Å². The Labute approximate surface area is 273 Å². The third kappa shape index (κ3) is 6.59. The van der Waals surface area contributed by atoms with E-state index in [9.17, 15) is 27.2 Å². The van der Waals surface area contributed by atoms with Crippen LogP contribution in [0.15, 0.2) is 0 Å². The lowest BCUT2D eigenvalue weighted by atomic mass is 9.95. The summed E-state index contributed by atoms with van der Waals surface area (Å²) in [6.45, 7) is 5.12. The number of hydrogen-bond acceptors (Lipinski definition) is 9. The van der Waals surface area contributed by atoms with E-state index in [4.69, 9.17) is 21.1 Å². The van der Waals surface area contributed by atoms with Gasteiger partial charge in [-0.15, -0.1) is 0 Å². The summed E-state index contributed by atoms with van der Waals surface area (Å²) >= 11 is 6.10. The Morgan fingerprint density at radius 3 is 2.40 bits per heavy atom. The molecule has 0 radical (unpaired) electrons. The Morgan fingerprint density at radius 1 is 1.09 bits per heavy atom. The fourth-order valence-electron chi connectivity index (χ4n) is 7.41. The van der Waals surface area contributed by atoms with Crippen molar-refractivity contribution in [3.63, 3.8) is 0 Å². The number of rotatable bonds is 6. The molecular formula is C30H37ClF5N7O4. The van der Waals surface area contributed by atoms with E-state index in [0.29, 0.717) is 30.7 Å². The maximum absolute atomic E-state index is 15.7. The Kier molecular flexibility index (Phi) is 8.59. The second-order valence-electron chi connectivity index (χ2n) is 13.9. The van der Waals surface area contributed by atoms with Crippen molar-refractivity contribution in [1.29, 1.82) is 0 Å². The molecule has 4 fully saturated rings. The van der Waals surface area contributed by atoms with Crippen LogP contribution in [-0.4, -0.2) is 124 Å². The number of halogens is 6. The topological polar surface area (TPSA) is 104 Å². The van der Waals surface area contributed by atoms with Crippen molar-refractivity contribution in [1.82, 2.24) is 29.7 Å². The number of amides is 2. The highest BCUT2D eigenvalue weighted by molar-refractivity contribution is 6.30. The fourth-order valence-corrected chi connectivity index (χ4v) is 7.59. The molecule has 2 aromatic heterocycles. The molecule has 2 bridgehead atoms. The van der Waals surface area contributed by atoms with Gasteiger partial charge in [0.2, 0.25) is 0 Å². The van der Waals surface area contributed by atoms with Crippen LogP contribution in [0.25, 0.3) is 10.9 Å². The van der Waals surface area contributed by atoms with Gasteiger partial charge in [0, 0.05) is 33.1 Å². The summed E-state index contributed by atoms with van der Waals surface area (Å²) in [5.41, 5.74) is -2.31. The molecule has 17 heteroatoms. The zero-order valence-corrected chi connectivity index (χ0v) is 27.3. The molecule has 6 rings (SSSR count). The molecule has 6 heterocycles. The summed E-state index contributed by atoms with van der Waals surface area (Å²) in [6, 6.07) is -0.928. The maximum Gasteiger partial charge on any atom is 0.410 e. The van der Waals surface area contributed by atoms with Crippen LogP contribution in [0.4, 0.5) is 32.6 Å². The summed E-state index contributed by atoms with van der Waals surface area (Å²) in [5.74, 6) is -2.26. The standard InChI is InChI=1S/C30H37ClF5N7O4/c1-28(2,3)47-27(45)43-17-6-7-18(43)13-41(12-17)24-19-21(20(33)23(31)37-22(19)25(44)40(4)14-30(34,35)36)38-26(39-24)46-15-29-8-5-9-42(29)11-16(32)10-29/h16-18H,5-15H2,1-4H3/t16-,17?,18?,29+/m1/s1. The number of alkyl halides is 4. The van der Waals surface area contributed by atoms with Gasteiger partial charge in [0.25, 0.3) is 5.91 Å². The summed E-state index contributed by atoms with van der Waals surface area (Å²) in [4.78, 5) is 45.1. The van der Waals surface area contributed by atoms with E-state index in [1.165, 1.54) is 0 Å². The minimum absolute atomic E-state index is 0.00753. The molecule has 2 aromatic rings. The van der Waals surface area contributed by atoms with E-state index < -0.39 is 64.2 Å². The van der Waals surface area contributed by atoms with Gasteiger partial charge in [0.1, 0.15) is 42.0 Å². The molecule has 4 atom stereocenters. The Morgan fingerprint density at radius 2 is 1.77 bits per heavy atom. The summed E-state index contributed by atoms with van der Waals surface area (Å²) in [7, 11) is 0.949. The predicted molar refractivity (Wildman–Crippen MR) is 161 cm³/mol. The number of hydrogen-bond donors (Lipinski definition) is 0. The Balaban J connectivity index is 1.41. The number of carbonyl (C=O) groups excluding carboxylic acids is 2. The first-order chi connectivity index (χ1) is 21.9. The first-order valence-electron chi connectivity index (χ1n) is 15.6. The lowest BCUT2D eigenvalue weighted by molar-refractivity contribution is -0.138. The highest BCUT2D eigenvalue weighted by Gasteiger charge is 2.50. The SMILES string of the molecule is CN(CC(F)(F)F)C(=O)c1nc(Cl)c(F)c2nc(OC[C@@]34CCCN3C[C@H](F)C4)nc(N3CC4CCC(C3)N4C(=O)OC(C)(C)C)c12. The molecule has 258 valence electrons. The van der Waals surface area contributed by atoms with Crippen molar-refractivity contribution in [2.75, 3.05) is 51.3 Å². The van der Waals surface area contributed by atoms with Gasteiger partial charge in [0.15, 0.2) is 11.0 Å². The average molecular weight is 690 g/mol. The highest BCUT2D eigenvalue weighted by atomic mass is 35.5. The lowest BCUT2D eigenvalue weighted by Gasteiger charge is -2.42. The van der Waals surface area contributed by atoms with Gasteiger partial charge >= 0.3 is 18.3 Å². The minimum Gasteiger partial charge on any atom is -0.461 e.